The van der Waals surface area contributed by atoms with Gasteiger partial charge in [0.2, 0.25) is 5.91 Å². The van der Waals surface area contributed by atoms with Crippen LogP contribution in [0.5, 0.6) is 0 Å². The van der Waals surface area contributed by atoms with Crippen molar-refractivity contribution in [3.05, 3.63) is 22.7 Å². The molecular weight excluding hydrogens is 344 g/mol. The molecule has 0 aromatic heterocycles. The van der Waals surface area contributed by atoms with Crippen LogP contribution in [0.15, 0.2) is 27.6 Å². The van der Waals surface area contributed by atoms with E-state index in [4.69, 9.17) is 5.73 Å². The predicted molar refractivity (Wildman–Crippen MR) is 83.0 cm³/mol. The van der Waals surface area contributed by atoms with Gasteiger partial charge in [0.25, 0.3) is 0 Å². The van der Waals surface area contributed by atoms with Gasteiger partial charge in [-0.05, 0) is 31.0 Å². The first kappa shape index (κ1) is 17.0. The largest absolute Gasteiger partial charge is 0.398 e. The average Bonchev–Trinajstić information content (AvgIpc) is 2.31. The van der Waals surface area contributed by atoms with E-state index in [1.807, 2.05) is 20.8 Å². The van der Waals surface area contributed by atoms with Crippen molar-refractivity contribution >= 4 is 37.4 Å². The number of nitrogen functional groups attached to an aromatic ring is 1. The molecule has 0 radical (unpaired) electrons. The van der Waals surface area contributed by atoms with E-state index in [2.05, 4.69) is 21.2 Å². The molecule has 1 aromatic carbocycles. The molecule has 0 aliphatic heterocycles. The van der Waals surface area contributed by atoms with Gasteiger partial charge in [-0.25, -0.2) is 8.42 Å². The van der Waals surface area contributed by atoms with Gasteiger partial charge >= 0.3 is 0 Å². The number of carbonyl (C=O) groups is 1. The van der Waals surface area contributed by atoms with Crippen molar-refractivity contribution in [2.75, 3.05) is 11.5 Å². The van der Waals surface area contributed by atoms with Crippen molar-refractivity contribution in [3.63, 3.8) is 0 Å². The van der Waals surface area contributed by atoms with Crippen LogP contribution in [0.25, 0.3) is 0 Å². The van der Waals surface area contributed by atoms with Crippen LogP contribution >= 0.6 is 15.9 Å². The van der Waals surface area contributed by atoms with Crippen molar-refractivity contribution < 1.29 is 13.2 Å². The minimum Gasteiger partial charge on any atom is -0.398 e. The number of hydrogen-bond donors (Lipinski definition) is 2. The van der Waals surface area contributed by atoms with E-state index in [1.54, 1.807) is 6.07 Å². The van der Waals surface area contributed by atoms with Crippen molar-refractivity contribution in [3.8, 4) is 0 Å². The Bertz CT molecular complexity index is 600. The molecule has 5 nitrogen and oxygen atoms in total. The molecular formula is C13H19BrN2O3S. The van der Waals surface area contributed by atoms with Crippen LogP contribution in [-0.4, -0.2) is 26.1 Å². The van der Waals surface area contributed by atoms with Gasteiger partial charge in [-0.1, -0.05) is 29.8 Å². The molecule has 0 bridgehead atoms. The van der Waals surface area contributed by atoms with E-state index in [0.29, 0.717) is 4.47 Å². The Morgan fingerprint density at radius 2 is 1.95 bits per heavy atom. The molecule has 0 saturated heterocycles. The summed E-state index contributed by atoms with van der Waals surface area (Å²) in [6.07, 6.45) is 0. The van der Waals surface area contributed by atoms with Crippen LogP contribution in [0.3, 0.4) is 0 Å². The van der Waals surface area contributed by atoms with Crippen LogP contribution in [-0.2, 0) is 14.6 Å². The Labute approximate surface area is 128 Å². The highest BCUT2D eigenvalue weighted by Crippen LogP contribution is 2.24. The SMILES string of the molecule is CC(C)C(C)NC(=O)CS(=O)(=O)c1cc(Br)ccc1N. The van der Waals surface area contributed by atoms with Crippen LogP contribution in [0.2, 0.25) is 0 Å². The summed E-state index contributed by atoms with van der Waals surface area (Å²) in [5.41, 5.74) is 5.81. The van der Waals surface area contributed by atoms with Gasteiger partial charge < -0.3 is 11.1 Å². The van der Waals surface area contributed by atoms with Gasteiger partial charge in [0.05, 0.1) is 10.6 Å². The maximum Gasteiger partial charge on any atom is 0.235 e. The molecule has 0 saturated carbocycles. The quantitative estimate of drug-likeness (QED) is 0.783. The van der Waals surface area contributed by atoms with Gasteiger partial charge in [-0.15, -0.1) is 0 Å². The zero-order valence-corrected chi connectivity index (χ0v) is 14.1. The highest BCUT2D eigenvalue weighted by molar-refractivity contribution is 9.10. The molecule has 1 unspecified atom stereocenters. The third-order valence-corrected chi connectivity index (χ3v) is 5.18. The first-order chi connectivity index (χ1) is 9.13. The molecule has 1 aromatic rings. The minimum absolute atomic E-state index is 0.0285. The fourth-order valence-electron chi connectivity index (χ4n) is 1.49. The number of benzene rings is 1. The summed E-state index contributed by atoms with van der Waals surface area (Å²) < 4.78 is 25.0. The third-order valence-electron chi connectivity index (χ3n) is 3.02. The standard InChI is InChI=1S/C13H19BrN2O3S/c1-8(2)9(3)16-13(17)7-20(18,19)12-6-10(14)4-5-11(12)15/h4-6,8-9H,7,15H2,1-3H3,(H,16,17). The molecule has 3 N–H and O–H groups in total. The van der Waals surface area contributed by atoms with Crippen molar-refractivity contribution in [2.24, 2.45) is 5.92 Å². The monoisotopic (exact) mass is 362 g/mol. The summed E-state index contributed by atoms with van der Waals surface area (Å²) in [5, 5.41) is 2.67. The lowest BCUT2D eigenvalue weighted by molar-refractivity contribution is -0.119. The molecule has 0 spiro atoms. The summed E-state index contributed by atoms with van der Waals surface area (Å²) in [6.45, 7) is 5.74. The Balaban J connectivity index is 2.90. The van der Waals surface area contributed by atoms with Crippen LogP contribution in [0.4, 0.5) is 5.69 Å². The molecule has 0 fully saturated rings. The van der Waals surface area contributed by atoms with Crippen LogP contribution in [0.1, 0.15) is 20.8 Å². The number of anilines is 1. The Morgan fingerprint density at radius 3 is 2.50 bits per heavy atom. The van der Waals surface area contributed by atoms with Crippen molar-refractivity contribution in [1.29, 1.82) is 0 Å². The predicted octanol–water partition coefficient (Wildman–Crippen LogP) is 1.97. The van der Waals surface area contributed by atoms with Crippen molar-refractivity contribution in [1.82, 2.24) is 5.32 Å². The first-order valence-electron chi connectivity index (χ1n) is 6.20. The van der Waals surface area contributed by atoms with E-state index < -0.39 is 21.5 Å². The van der Waals surface area contributed by atoms with E-state index in [9.17, 15) is 13.2 Å². The topological polar surface area (TPSA) is 89.3 Å². The molecule has 7 heteroatoms. The van der Waals surface area contributed by atoms with E-state index >= 15 is 0 Å². The number of sulfone groups is 1. The molecule has 0 heterocycles. The van der Waals surface area contributed by atoms with Gasteiger partial charge in [0, 0.05) is 10.5 Å². The second kappa shape index (κ2) is 6.58. The third kappa shape index (κ3) is 4.49. The fraction of sp³-hybridized carbons (Fsp3) is 0.462. The van der Waals surface area contributed by atoms with E-state index in [-0.39, 0.29) is 22.5 Å². The molecule has 1 atom stereocenters. The highest BCUT2D eigenvalue weighted by atomic mass is 79.9. The number of amides is 1. The van der Waals surface area contributed by atoms with Gasteiger partial charge in [0.15, 0.2) is 9.84 Å². The fourth-order valence-corrected chi connectivity index (χ4v) is 3.32. The lowest BCUT2D eigenvalue weighted by Crippen LogP contribution is -2.39. The van der Waals surface area contributed by atoms with E-state index in [1.165, 1.54) is 12.1 Å². The molecule has 20 heavy (non-hydrogen) atoms. The summed E-state index contributed by atoms with van der Waals surface area (Å²) in [7, 11) is -3.75. The Morgan fingerprint density at radius 1 is 1.35 bits per heavy atom. The first-order valence-corrected chi connectivity index (χ1v) is 8.65. The number of rotatable bonds is 5. The maximum absolute atomic E-state index is 12.2. The second-order valence-electron chi connectivity index (χ2n) is 5.04. The number of hydrogen-bond acceptors (Lipinski definition) is 4. The molecule has 0 aliphatic rings. The lowest BCUT2D eigenvalue weighted by Gasteiger charge is -2.17. The second-order valence-corrected chi connectivity index (χ2v) is 7.92. The van der Waals surface area contributed by atoms with Crippen LogP contribution < -0.4 is 11.1 Å². The zero-order chi connectivity index (χ0) is 15.5. The number of halogens is 1. The maximum atomic E-state index is 12.2. The Kier molecular flexibility index (Phi) is 5.59. The molecule has 112 valence electrons. The summed E-state index contributed by atoms with van der Waals surface area (Å²) in [5.74, 6) is -0.895. The number of carbonyl (C=O) groups excluding carboxylic acids is 1. The zero-order valence-electron chi connectivity index (χ0n) is 11.7. The summed E-state index contributed by atoms with van der Waals surface area (Å²) in [6, 6.07) is 4.46. The average molecular weight is 363 g/mol. The number of nitrogens with one attached hydrogen (secondary N) is 1. The van der Waals surface area contributed by atoms with Gasteiger partial charge in [-0.3, -0.25) is 4.79 Å². The van der Waals surface area contributed by atoms with Gasteiger partial charge in [0.1, 0.15) is 5.75 Å². The molecule has 0 aliphatic carbocycles. The lowest BCUT2D eigenvalue weighted by atomic mass is 10.1. The highest BCUT2D eigenvalue weighted by Gasteiger charge is 2.23. The summed E-state index contributed by atoms with van der Waals surface area (Å²) in [4.78, 5) is 11.8. The minimum atomic E-state index is -3.75. The van der Waals surface area contributed by atoms with Crippen molar-refractivity contribution in [2.45, 2.75) is 31.7 Å². The molecule has 1 rings (SSSR count). The van der Waals surface area contributed by atoms with E-state index in [0.717, 1.165) is 0 Å². The molecule has 1 amide bonds. The smallest absolute Gasteiger partial charge is 0.235 e. The number of nitrogens with two attached hydrogens (primary N) is 1. The summed E-state index contributed by atoms with van der Waals surface area (Å²) >= 11 is 3.19. The van der Waals surface area contributed by atoms with Gasteiger partial charge in [-0.2, -0.15) is 0 Å². The van der Waals surface area contributed by atoms with Crippen LogP contribution in [0, 0.1) is 5.92 Å². The Hall–Kier alpha value is -1.08. The normalized spacial score (nSPS) is 13.2.